The van der Waals surface area contributed by atoms with Crippen LogP contribution in [0, 0.1) is 17.8 Å². The van der Waals surface area contributed by atoms with E-state index in [-0.39, 0.29) is 29.1 Å². The molecule has 0 amide bonds. The lowest BCUT2D eigenvalue weighted by molar-refractivity contribution is -0.142. The lowest BCUT2D eigenvalue weighted by atomic mass is 9.56. The number of hydrogen-bond donors (Lipinski definition) is 0. The monoisotopic (exact) mass is 486 g/mol. The van der Waals surface area contributed by atoms with Crippen molar-refractivity contribution in [1.82, 2.24) is 0 Å². The maximum Gasteiger partial charge on any atom is 0.309 e. The third-order valence-electron chi connectivity index (χ3n) is 9.19. The molecular formula is C29H46O4Si. The highest BCUT2D eigenvalue weighted by Crippen LogP contribution is 2.53. The summed E-state index contributed by atoms with van der Waals surface area (Å²) in [5.41, 5.74) is 3.77. The van der Waals surface area contributed by atoms with Gasteiger partial charge in [-0.1, -0.05) is 74.4 Å². The Balaban J connectivity index is 2.11. The number of fused-ring (bicyclic) bond motifs is 1. The van der Waals surface area contributed by atoms with Crippen LogP contribution in [0.5, 0.6) is 5.75 Å². The highest BCUT2D eigenvalue weighted by atomic mass is 28.4. The van der Waals surface area contributed by atoms with Crippen molar-refractivity contribution in [3.8, 4) is 5.75 Å². The second kappa shape index (κ2) is 10.2. The molecule has 190 valence electrons. The molecule has 2 aliphatic rings. The molecule has 2 fully saturated rings. The van der Waals surface area contributed by atoms with Gasteiger partial charge in [-0.2, -0.15) is 0 Å². The van der Waals surface area contributed by atoms with Crippen LogP contribution in [0.4, 0.5) is 0 Å². The molecule has 1 aliphatic carbocycles. The van der Waals surface area contributed by atoms with Crippen LogP contribution in [0.25, 0.3) is 0 Å². The summed E-state index contributed by atoms with van der Waals surface area (Å²) < 4.78 is 12.7. The molecule has 1 saturated heterocycles. The zero-order valence-corrected chi connectivity index (χ0v) is 23.8. The zero-order valence-electron chi connectivity index (χ0n) is 22.8. The van der Waals surface area contributed by atoms with Crippen LogP contribution in [-0.2, 0) is 19.7 Å². The fourth-order valence-corrected chi connectivity index (χ4v) is 12.6. The van der Waals surface area contributed by atoms with Crippen molar-refractivity contribution in [3.05, 3.63) is 29.3 Å². The molecule has 1 unspecified atom stereocenters. The minimum atomic E-state index is -2.13. The van der Waals surface area contributed by atoms with E-state index in [0.717, 1.165) is 24.9 Å². The number of esters is 1. The third-order valence-corrected chi connectivity index (χ3v) is 15.2. The summed E-state index contributed by atoms with van der Waals surface area (Å²) in [4.78, 5) is 24.0. The summed E-state index contributed by atoms with van der Waals surface area (Å²) in [5.74, 6) is 1.45. The molecule has 1 aromatic rings. The van der Waals surface area contributed by atoms with Crippen molar-refractivity contribution in [2.45, 2.75) is 110 Å². The summed E-state index contributed by atoms with van der Waals surface area (Å²) in [6.07, 6.45) is 3.19. The molecule has 1 aliphatic heterocycles. The highest BCUT2D eigenvalue weighted by Gasteiger charge is 2.53. The molecule has 1 aromatic carbocycles. The lowest BCUT2D eigenvalue weighted by Crippen LogP contribution is -2.51. The third kappa shape index (κ3) is 4.49. The molecule has 4 atom stereocenters. The van der Waals surface area contributed by atoms with Crippen LogP contribution in [-0.4, -0.2) is 27.2 Å². The van der Waals surface area contributed by atoms with Crippen LogP contribution in [0.2, 0.25) is 16.6 Å². The normalized spacial score (nSPS) is 27.4. The molecule has 3 rings (SSSR count). The van der Waals surface area contributed by atoms with E-state index >= 15 is 0 Å². The number of benzene rings is 1. The van der Waals surface area contributed by atoms with Crippen molar-refractivity contribution in [3.63, 3.8) is 0 Å². The number of carbonyl (C=O) groups is 2. The largest absolute Gasteiger partial charge is 0.542 e. The van der Waals surface area contributed by atoms with Crippen molar-refractivity contribution in [2.24, 2.45) is 17.8 Å². The van der Waals surface area contributed by atoms with E-state index in [0.29, 0.717) is 35.6 Å². The van der Waals surface area contributed by atoms with E-state index < -0.39 is 8.32 Å². The van der Waals surface area contributed by atoms with Crippen molar-refractivity contribution < 1.29 is 18.8 Å². The second-order valence-electron chi connectivity index (χ2n) is 12.2. The van der Waals surface area contributed by atoms with Gasteiger partial charge in [0.2, 0.25) is 0 Å². The predicted octanol–water partition coefficient (Wildman–Crippen LogP) is 7.41. The minimum absolute atomic E-state index is 0.0634. The van der Waals surface area contributed by atoms with Gasteiger partial charge in [-0.3, -0.25) is 4.79 Å². The maximum atomic E-state index is 12.3. The van der Waals surface area contributed by atoms with Gasteiger partial charge in [-0.25, -0.2) is 0 Å². The van der Waals surface area contributed by atoms with Gasteiger partial charge >= 0.3 is 5.97 Å². The van der Waals surface area contributed by atoms with Crippen molar-refractivity contribution in [1.29, 1.82) is 0 Å². The number of ether oxygens (including phenoxy) is 1. The van der Waals surface area contributed by atoms with Gasteiger partial charge in [0.05, 0.1) is 12.5 Å². The molecule has 0 spiro atoms. The number of rotatable bonds is 9. The zero-order chi connectivity index (χ0) is 25.4. The average molecular weight is 487 g/mol. The number of hydrogen-bond acceptors (Lipinski definition) is 4. The van der Waals surface area contributed by atoms with Crippen LogP contribution < -0.4 is 4.43 Å². The van der Waals surface area contributed by atoms with Gasteiger partial charge in [0.1, 0.15) is 12.0 Å². The first-order valence-electron chi connectivity index (χ1n) is 13.3. The average Bonchev–Trinajstić information content (AvgIpc) is 3.13. The molecule has 1 saturated carbocycles. The van der Waals surface area contributed by atoms with Crippen LogP contribution in [0.15, 0.2) is 18.2 Å². The fraction of sp³-hybridized carbons (Fsp3) is 0.724. The molecule has 5 heteroatoms. The van der Waals surface area contributed by atoms with E-state index in [9.17, 15) is 9.59 Å². The van der Waals surface area contributed by atoms with E-state index in [4.69, 9.17) is 9.16 Å². The summed E-state index contributed by atoms with van der Waals surface area (Å²) in [6, 6.07) is 6.79. The summed E-state index contributed by atoms with van der Waals surface area (Å²) >= 11 is 0. The molecule has 0 N–H and O–H groups in total. The van der Waals surface area contributed by atoms with E-state index in [1.54, 1.807) is 0 Å². The van der Waals surface area contributed by atoms with Crippen molar-refractivity contribution in [2.75, 3.05) is 6.61 Å². The van der Waals surface area contributed by atoms with Crippen molar-refractivity contribution >= 4 is 20.6 Å². The lowest BCUT2D eigenvalue weighted by Gasteiger charge is -2.47. The van der Waals surface area contributed by atoms with E-state index in [1.165, 1.54) is 11.1 Å². The Labute approximate surface area is 208 Å². The Hall–Kier alpha value is -1.62. The highest BCUT2D eigenvalue weighted by molar-refractivity contribution is 6.78. The second-order valence-corrected chi connectivity index (χ2v) is 17.6. The predicted molar refractivity (Wildman–Crippen MR) is 141 cm³/mol. The quantitative estimate of drug-likeness (QED) is 0.207. The SMILES string of the molecule is CC(C)c1ccc([C@@]2(C)CC[C@@H]3C(=O)OC[C@H]3C2CC=O)cc1O[Si](C(C)C)(C(C)C)C(C)C. The molecule has 4 nitrogen and oxygen atoms in total. The van der Waals surface area contributed by atoms with Gasteiger partial charge in [0, 0.05) is 12.3 Å². The Bertz CT molecular complexity index is 868. The molecule has 1 heterocycles. The Morgan fingerprint density at radius 1 is 1.09 bits per heavy atom. The van der Waals surface area contributed by atoms with Gasteiger partial charge in [-0.05, 0) is 63.9 Å². The number of cyclic esters (lactones) is 1. The van der Waals surface area contributed by atoms with Gasteiger partial charge < -0.3 is 14.0 Å². The number of aldehydes is 1. The Kier molecular flexibility index (Phi) is 8.06. The standard InChI is InChI=1S/C29H46O4Si/c1-18(2)23-11-10-22(16-27(23)33-34(19(3)4,20(5)6)21(7)8)29(9)14-12-24-25(17-32-28(24)31)26(29)13-15-30/h10-11,15-16,18-21,24-26H,12-14,17H2,1-9H3/t24-,25+,26?,29+/m0/s1. The number of carbonyl (C=O) groups excluding carboxylic acids is 2. The molecule has 0 bridgehead atoms. The van der Waals surface area contributed by atoms with Gasteiger partial charge in [0.15, 0.2) is 0 Å². The fourth-order valence-electron chi connectivity index (χ4n) is 7.31. The summed E-state index contributed by atoms with van der Waals surface area (Å²) in [7, 11) is -2.13. The molecule has 34 heavy (non-hydrogen) atoms. The van der Waals surface area contributed by atoms with Gasteiger partial charge in [-0.15, -0.1) is 0 Å². The molecular weight excluding hydrogens is 440 g/mol. The summed E-state index contributed by atoms with van der Waals surface area (Å²) in [6.45, 7) is 21.1. The first-order chi connectivity index (χ1) is 15.9. The topological polar surface area (TPSA) is 52.6 Å². The maximum absolute atomic E-state index is 12.3. The van der Waals surface area contributed by atoms with E-state index in [2.05, 4.69) is 80.5 Å². The Morgan fingerprint density at radius 3 is 2.24 bits per heavy atom. The van der Waals surface area contributed by atoms with Crippen LogP contribution in [0.1, 0.15) is 98.6 Å². The van der Waals surface area contributed by atoms with E-state index in [1.807, 2.05) is 0 Å². The van der Waals surface area contributed by atoms with Gasteiger partial charge in [0.25, 0.3) is 8.32 Å². The Morgan fingerprint density at radius 2 is 1.71 bits per heavy atom. The first-order valence-corrected chi connectivity index (χ1v) is 15.5. The summed E-state index contributed by atoms with van der Waals surface area (Å²) in [5, 5.41) is 0. The molecule has 0 radical (unpaired) electrons. The first kappa shape index (κ1) is 27.0. The minimum Gasteiger partial charge on any atom is -0.542 e. The smallest absolute Gasteiger partial charge is 0.309 e. The van der Waals surface area contributed by atoms with Crippen LogP contribution in [0.3, 0.4) is 0 Å². The van der Waals surface area contributed by atoms with Crippen LogP contribution >= 0.6 is 0 Å². The molecule has 0 aromatic heterocycles.